The van der Waals surface area contributed by atoms with Crippen molar-refractivity contribution in [1.82, 2.24) is 0 Å². The molecule has 0 aliphatic rings. The molecule has 3 aromatic rings. The summed E-state index contributed by atoms with van der Waals surface area (Å²) in [5.74, 6) is 0.161. The molecule has 2 N–H and O–H groups in total. The van der Waals surface area contributed by atoms with Crippen molar-refractivity contribution in [3.8, 4) is 5.75 Å². The van der Waals surface area contributed by atoms with E-state index >= 15 is 0 Å². The molecule has 0 aliphatic carbocycles. The fraction of sp³-hybridized carbons (Fsp3) is 0.136. The Hall–Kier alpha value is -3.03. The van der Waals surface area contributed by atoms with Crippen LogP contribution < -0.4 is 14.8 Å². The third-order valence-corrected chi connectivity index (χ3v) is 5.83. The van der Waals surface area contributed by atoms with Crippen molar-refractivity contribution in [2.45, 2.75) is 24.3 Å². The van der Waals surface area contributed by atoms with E-state index in [1.54, 1.807) is 54.6 Å². The van der Waals surface area contributed by atoms with Gasteiger partial charge in [-0.15, -0.1) is 0 Å². The highest BCUT2D eigenvalue weighted by molar-refractivity contribution is 7.92. The van der Waals surface area contributed by atoms with Crippen LogP contribution in [0.15, 0.2) is 83.8 Å². The van der Waals surface area contributed by atoms with Crippen LogP contribution in [-0.4, -0.2) is 20.4 Å². The van der Waals surface area contributed by atoms with Crippen molar-refractivity contribution in [2.24, 2.45) is 0 Å². The Morgan fingerprint density at radius 3 is 2.30 bits per heavy atom. The number of benzene rings is 3. The first kappa shape index (κ1) is 21.7. The molecule has 8 heteroatoms. The molecule has 156 valence electrons. The quantitative estimate of drug-likeness (QED) is 0.515. The van der Waals surface area contributed by atoms with Gasteiger partial charge in [0.2, 0.25) is 0 Å². The maximum Gasteiger partial charge on any atom is 0.265 e. The summed E-state index contributed by atoms with van der Waals surface area (Å²) in [4.78, 5) is 12.6. The topological polar surface area (TPSA) is 84.5 Å². The van der Waals surface area contributed by atoms with Crippen molar-refractivity contribution in [1.29, 1.82) is 0 Å². The third kappa shape index (κ3) is 5.75. The van der Waals surface area contributed by atoms with E-state index in [9.17, 15) is 13.2 Å². The van der Waals surface area contributed by atoms with Gasteiger partial charge in [0.25, 0.3) is 15.9 Å². The number of carbonyl (C=O) groups is 1. The monoisotopic (exact) mass is 444 g/mol. The van der Waals surface area contributed by atoms with Gasteiger partial charge in [-0.25, -0.2) is 8.42 Å². The number of ether oxygens (including phenoxy) is 1. The van der Waals surface area contributed by atoms with Crippen LogP contribution in [-0.2, 0) is 14.8 Å². The zero-order valence-electron chi connectivity index (χ0n) is 16.2. The van der Waals surface area contributed by atoms with Gasteiger partial charge in [0.05, 0.1) is 4.90 Å². The minimum atomic E-state index is -3.72. The lowest BCUT2D eigenvalue weighted by atomic mass is 10.2. The zero-order valence-corrected chi connectivity index (χ0v) is 17.8. The molecule has 0 fully saturated rings. The Kier molecular flexibility index (Phi) is 6.97. The SMILES string of the molecule is CC[C@@H](Oc1cccc(Cl)c1)C(=O)Nc1ccc(S(=O)(=O)Nc2ccccc2)cc1. The van der Waals surface area contributed by atoms with E-state index in [-0.39, 0.29) is 10.8 Å². The Bertz CT molecular complexity index is 1100. The molecule has 6 nitrogen and oxygen atoms in total. The summed E-state index contributed by atoms with van der Waals surface area (Å²) in [5, 5.41) is 3.26. The average molecular weight is 445 g/mol. The lowest BCUT2D eigenvalue weighted by Gasteiger charge is -2.17. The summed E-state index contributed by atoms with van der Waals surface area (Å²) in [6.07, 6.45) is -0.266. The first-order valence-corrected chi connectivity index (χ1v) is 11.1. The van der Waals surface area contributed by atoms with Gasteiger partial charge in [-0.1, -0.05) is 42.8 Å². The molecule has 1 atom stereocenters. The second kappa shape index (κ2) is 9.65. The van der Waals surface area contributed by atoms with Crippen LogP contribution >= 0.6 is 11.6 Å². The number of halogens is 1. The largest absolute Gasteiger partial charge is 0.481 e. The molecule has 3 aromatic carbocycles. The van der Waals surface area contributed by atoms with Crippen LogP contribution in [0.5, 0.6) is 5.75 Å². The lowest BCUT2D eigenvalue weighted by Crippen LogP contribution is -2.32. The van der Waals surface area contributed by atoms with E-state index in [0.717, 1.165) is 0 Å². The summed E-state index contributed by atoms with van der Waals surface area (Å²) in [5.41, 5.74) is 0.936. The molecule has 0 unspecified atom stereocenters. The summed E-state index contributed by atoms with van der Waals surface area (Å²) >= 11 is 5.95. The zero-order chi connectivity index (χ0) is 21.6. The standard InChI is InChI=1S/C22H21ClN2O4S/c1-2-21(29-19-10-6-7-16(23)15-19)22(26)24-17-11-13-20(14-12-17)30(27,28)25-18-8-4-3-5-9-18/h3-15,21,25H,2H2,1H3,(H,24,26)/t21-/m1/s1. The predicted molar refractivity (Wildman–Crippen MR) is 118 cm³/mol. The predicted octanol–water partition coefficient (Wildman–Crippen LogP) is 4.94. The van der Waals surface area contributed by atoms with Crippen LogP contribution in [0.1, 0.15) is 13.3 Å². The van der Waals surface area contributed by atoms with E-state index in [1.807, 2.05) is 6.92 Å². The minimum Gasteiger partial charge on any atom is -0.481 e. The van der Waals surface area contributed by atoms with Crippen LogP contribution in [0, 0.1) is 0 Å². The molecule has 0 bridgehead atoms. The smallest absolute Gasteiger partial charge is 0.265 e. The Morgan fingerprint density at radius 2 is 1.67 bits per heavy atom. The molecule has 1 amide bonds. The lowest BCUT2D eigenvalue weighted by molar-refractivity contribution is -0.122. The number of carbonyl (C=O) groups excluding carboxylic acids is 1. The molecule has 3 rings (SSSR count). The van der Waals surface area contributed by atoms with Crippen LogP contribution in [0.25, 0.3) is 0 Å². The number of amides is 1. The van der Waals surface area contributed by atoms with Crippen LogP contribution in [0.3, 0.4) is 0 Å². The Labute approximate surface area is 180 Å². The van der Waals surface area contributed by atoms with Crippen molar-refractivity contribution in [3.05, 3.63) is 83.9 Å². The molecule has 0 heterocycles. The number of anilines is 2. The fourth-order valence-corrected chi connectivity index (χ4v) is 3.93. The van der Waals surface area contributed by atoms with Crippen molar-refractivity contribution < 1.29 is 17.9 Å². The summed E-state index contributed by atoms with van der Waals surface area (Å²) in [7, 11) is -3.72. The van der Waals surface area contributed by atoms with Gasteiger partial charge in [-0.05, 0) is 61.0 Å². The van der Waals surface area contributed by atoms with Gasteiger partial charge in [0, 0.05) is 16.4 Å². The van der Waals surface area contributed by atoms with Gasteiger partial charge in [0.1, 0.15) is 5.75 Å². The molecule has 30 heavy (non-hydrogen) atoms. The normalized spacial score (nSPS) is 12.1. The molecule has 0 spiro atoms. The number of para-hydroxylation sites is 1. The molecule has 0 saturated heterocycles. The van der Waals surface area contributed by atoms with Gasteiger partial charge in [0.15, 0.2) is 6.10 Å². The van der Waals surface area contributed by atoms with Crippen LogP contribution in [0.2, 0.25) is 5.02 Å². The Balaban J connectivity index is 1.66. The average Bonchev–Trinajstić information content (AvgIpc) is 2.73. The summed E-state index contributed by atoms with van der Waals surface area (Å²) in [6, 6.07) is 21.4. The van der Waals surface area contributed by atoms with Gasteiger partial charge < -0.3 is 10.1 Å². The molecule has 0 aromatic heterocycles. The molecule has 0 aliphatic heterocycles. The van der Waals surface area contributed by atoms with Gasteiger partial charge in [-0.3, -0.25) is 9.52 Å². The highest BCUT2D eigenvalue weighted by atomic mass is 35.5. The van der Waals surface area contributed by atoms with E-state index < -0.39 is 16.1 Å². The first-order chi connectivity index (χ1) is 14.4. The van der Waals surface area contributed by atoms with Crippen LogP contribution in [0.4, 0.5) is 11.4 Å². The minimum absolute atomic E-state index is 0.0894. The highest BCUT2D eigenvalue weighted by Crippen LogP contribution is 2.21. The Morgan fingerprint density at radius 1 is 0.967 bits per heavy atom. The molecular weight excluding hydrogens is 424 g/mol. The molecular formula is C22H21ClN2O4S. The number of nitrogens with one attached hydrogen (secondary N) is 2. The van der Waals surface area contributed by atoms with Crippen molar-refractivity contribution in [3.63, 3.8) is 0 Å². The second-order valence-electron chi connectivity index (χ2n) is 6.46. The number of rotatable bonds is 8. The number of sulfonamides is 1. The van der Waals surface area contributed by atoms with Gasteiger partial charge >= 0.3 is 0 Å². The third-order valence-electron chi connectivity index (χ3n) is 4.20. The fourth-order valence-electron chi connectivity index (χ4n) is 2.69. The number of hydrogen-bond donors (Lipinski definition) is 2. The summed E-state index contributed by atoms with van der Waals surface area (Å²) in [6.45, 7) is 1.83. The summed E-state index contributed by atoms with van der Waals surface area (Å²) < 4.78 is 33.2. The molecule has 0 saturated carbocycles. The maximum absolute atomic E-state index is 12.6. The first-order valence-electron chi connectivity index (χ1n) is 9.28. The maximum atomic E-state index is 12.6. The number of hydrogen-bond acceptors (Lipinski definition) is 4. The highest BCUT2D eigenvalue weighted by Gasteiger charge is 2.19. The van der Waals surface area contributed by atoms with E-state index in [1.165, 1.54) is 24.3 Å². The van der Waals surface area contributed by atoms with E-state index in [4.69, 9.17) is 16.3 Å². The van der Waals surface area contributed by atoms with Crippen molar-refractivity contribution in [2.75, 3.05) is 10.0 Å². The van der Waals surface area contributed by atoms with E-state index in [0.29, 0.717) is 28.6 Å². The van der Waals surface area contributed by atoms with Crippen molar-refractivity contribution >= 4 is 38.9 Å². The van der Waals surface area contributed by atoms with E-state index in [2.05, 4.69) is 10.0 Å². The second-order valence-corrected chi connectivity index (χ2v) is 8.58. The van der Waals surface area contributed by atoms with Gasteiger partial charge in [-0.2, -0.15) is 0 Å². The molecule has 0 radical (unpaired) electrons.